The Labute approximate surface area is 130 Å². The van der Waals surface area contributed by atoms with Crippen molar-refractivity contribution < 1.29 is 13.9 Å². The molecule has 0 aromatic heterocycles. The number of carbonyl (C=O) groups is 1. The summed E-state index contributed by atoms with van der Waals surface area (Å²) in [5.74, 6) is 0.0951. The Bertz CT molecular complexity index is 683. The number of benzene rings is 2. The van der Waals surface area contributed by atoms with Crippen LogP contribution in [0.15, 0.2) is 36.4 Å². The second-order valence-electron chi connectivity index (χ2n) is 5.32. The lowest BCUT2D eigenvalue weighted by Gasteiger charge is -2.12. The van der Waals surface area contributed by atoms with Gasteiger partial charge in [0.15, 0.2) is 0 Å². The third kappa shape index (κ3) is 4.07. The zero-order valence-corrected chi connectivity index (χ0v) is 13.1. The van der Waals surface area contributed by atoms with Gasteiger partial charge in [-0.15, -0.1) is 0 Å². The largest absolute Gasteiger partial charge is 0.491 e. The highest BCUT2D eigenvalue weighted by molar-refractivity contribution is 5.94. The second kappa shape index (κ2) is 7.07. The number of aryl methyl sites for hydroxylation is 3. The van der Waals surface area contributed by atoms with Crippen LogP contribution in [0, 0.1) is 26.6 Å². The molecule has 0 aliphatic heterocycles. The quantitative estimate of drug-likeness (QED) is 0.858. The average molecular weight is 301 g/mol. The summed E-state index contributed by atoms with van der Waals surface area (Å²) in [6.45, 7) is 6.82. The first-order chi connectivity index (χ1) is 10.5. The first-order valence-electron chi connectivity index (χ1n) is 7.22. The van der Waals surface area contributed by atoms with E-state index in [1.807, 2.05) is 19.9 Å². The Hall–Kier alpha value is -2.36. The molecule has 0 fully saturated rings. The third-order valence-corrected chi connectivity index (χ3v) is 3.52. The van der Waals surface area contributed by atoms with Crippen molar-refractivity contribution in [1.29, 1.82) is 0 Å². The molecule has 0 bridgehead atoms. The van der Waals surface area contributed by atoms with Crippen LogP contribution >= 0.6 is 0 Å². The number of ether oxygens (including phenoxy) is 1. The van der Waals surface area contributed by atoms with Crippen molar-refractivity contribution >= 4 is 5.91 Å². The van der Waals surface area contributed by atoms with E-state index in [4.69, 9.17) is 4.74 Å². The van der Waals surface area contributed by atoms with Crippen molar-refractivity contribution in [3.05, 3.63) is 64.5 Å². The predicted molar refractivity (Wildman–Crippen MR) is 84.9 cm³/mol. The number of hydrogen-bond donors (Lipinski definition) is 1. The first kappa shape index (κ1) is 16.0. The minimum atomic E-state index is -0.422. The van der Waals surface area contributed by atoms with Gasteiger partial charge in [-0.1, -0.05) is 12.1 Å². The molecule has 1 N–H and O–H groups in total. The predicted octanol–water partition coefficient (Wildman–Crippen LogP) is 3.56. The number of hydrogen-bond acceptors (Lipinski definition) is 2. The average Bonchev–Trinajstić information content (AvgIpc) is 2.48. The van der Waals surface area contributed by atoms with Gasteiger partial charge in [-0.2, -0.15) is 0 Å². The van der Waals surface area contributed by atoms with E-state index in [1.54, 1.807) is 6.07 Å². The van der Waals surface area contributed by atoms with Crippen LogP contribution in [0.25, 0.3) is 0 Å². The third-order valence-electron chi connectivity index (χ3n) is 3.52. The molecule has 116 valence electrons. The molecule has 0 heterocycles. The highest BCUT2D eigenvalue weighted by Crippen LogP contribution is 2.22. The smallest absolute Gasteiger partial charge is 0.251 e. The van der Waals surface area contributed by atoms with Crippen LogP contribution < -0.4 is 10.1 Å². The zero-order valence-electron chi connectivity index (χ0n) is 13.1. The topological polar surface area (TPSA) is 38.3 Å². The summed E-state index contributed by atoms with van der Waals surface area (Å²) in [5, 5.41) is 2.71. The molecule has 0 spiro atoms. The van der Waals surface area contributed by atoms with E-state index < -0.39 is 5.82 Å². The van der Waals surface area contributed by atoms with Crippen LogP contribution in [0.1, 0.15) is 27.0 Å². The van der Waals surface area contributed by atoms with Gasteiger partial charge < -0.3 is 10.1 Å². The molecule has 0 unspecified atom stereocenters. The Balaban J connectivity index is 1.85. The van der Waals surface area contributed by atoms with Gasteiger partial charge in [0.05, 0.1) is 6.54 Å². The molecule has 2 aromatic carbocycles. The van der Waals surface area contributed by atoms with Crippen LogP contribution in [0.2, 0.25) is 0 Å². The summed E-state index contributed by atoms with van der Waals surface area (Å²) in [6, 6.07) is 9.69. The van der Waals surface area contributed by atoms with Crippen LogP contribution in [0.5, 0.6) is 5.75 Å². The number of halogens is 1. The van der Waals surface area contributed by atoms with Crippen molar-refractivity contribution in [2.24, 2.45) is 0 Å². The standard InChI is InChI=1S/C18H20FNO2/c1-12-9-14(3)17(10-13(12)2)22-8-7-20-18(21)15-5-4-6-16(19)11-15/h4-6,9-11H,7-8H2,1-3H3,(H,20,21). The van der Waals surface area contributed by atoms with E-state index in [0.29, 0.717) is 18.7 Å². The van der Waals surface area contributed by atoms with Crippen LogP contribution in [0.4, 0.5) is 4.39 Å². The van der Waals surface area contributed by atoms with E-state index in [2.05, 4.69) is 18.3 Å². The minimum Gasteiger partial charge on any atom is -0.491 e. The van der Waals surface area contributed by atoms with Gasteiger partial charge in [-0.3, -0.25) is 4.79 Å². The fraction of sp³-hybridized carbons (Fsp3) is 0.278. The molecule has 0 radical (unpaired) electrons. The number of nitrogens with one attached hydrogen (secondary N) is 1. The Morgan fingerprint density at radius 2 is 1.82 bits per heavy atom. The van der Waals surface area contributed by atoms with E-state index >= 15 is 0 Å². The molecule has 22 heavy (non-hydrogen) atoms. The van der Waals surface area contributed by atoms with Gasteiger partial charge in [-0.05, 0) is 61.7 Å². The summed E-state index contributed by atoms with van der Waals surface area (Å²) in [7, 11) is 0. The fourth-order valence-corrected chi connectivity index (χ4v) is 2.15. The van der Waals surface area contributed by atoms with Crippen LogP contribution in [-0.2, 0) is 0 Å². The maximum atomic E-state index is 13.0. The zero-order chi connectivity index (χ0) is 16.1. The molecular weight excluding hydrogens is 281 g/mol. The highest BCUT2D eigenvalue weighted by Gasteiger charge is 2.06. The molecule has 0 aliphatic rings. The number of rotatable bonds is 5. The normalized spacial score (nSPS) is 10.4. The van der Waals surface area contributed by atoms with Crippen molar-refractivity contribution in [1.82, 2.24) is 5.32 Å². The Morgan fingerprint density at radius 1 is 1.09 bits per heavy atom. The molecular formula is C18H20FNO2. The molecule has 2 aromatic rings. The lowest BCUT2D eigenvalue weighted by molar-refractivity contribution is 0.0946. The lowest BCUT2D eigenvalue weighted by atomic mass is 10.1. The first-order valence-corrected chi connectivity index (χ1v) is 7.22. The highest BCUT2D eigenvalue weighted by atomic mass is 19.1. The molecule has 0 saturated heterocycles. The second-order valence-corrected chi connectivity index (χ2v) is 5.32. The van der Waals surface area contributed by atoms with Crippen molar-refractivity contribution in [2.75, 3.05) is 13.2 Å². The van der Waals surface area contributed by atoms with Gasteiger partial charge in [0.1, 0.15) is 18.2 Å². The molecule has 0 atom stereocenters. The monoisotopic (exact) mass is 301 g/mol. The SMILES string of the molecule is Cc1cc(C)c(OCCNC(=O)c2cccc(F)c2)cc1C. The van der Waals surface area contributed by atoms with Crippen molar-refractivity contribution in [2.45, 2.75) is 20.8 Å². The fourth-order valence-electron chi connectivity index (χ4n) is 2.15. The Kier molecular flexibility index (Phi) is 5.15. The van der Waals surface area contributed by atoms with Gasteiger partial charge in [0.25, 0.3) is 5.91 Å². The summed E-state index contributed by atoms with van der Waals surface area (Å²) >= 11 is 0. The maximum absolute atomic E-state index is 13.0. The molecule has 3 nitrogen and oxygen atoms in total. The molecule has 4 heteroatoms. The summed E-state index contributed by atoms with van der Waals surface area (Å²) in [5.41, 5.74) is 3.77. The molecule has 0 aliphatic carbocycles. The van der Waals surface area contributed by atoms with Gasteiger partial charge in [0, 0.05) is 5.56 Å². The number of amides is 1. The van der Waals surface area contributed by atoms with E-state index in [9.17, 15) is 9.18 Å². The van der Waals surface area contributed by atoms with E-state index in [-0.39, 0.29) is 5.91 Å². The van der Waals surface area contributed by atoms with Gasteiger partial charge in [-0.25, -0.2) is 4.39 Å². The lowest BCUT2D eigenvalue weighted by Crippen LogP contribution is -2.28. The summed E-state index contributed by atoms with van der Waals surface area (Å²) in [4.78, 5) is 11.8. The summed E-state index contributed by atoms with van der Waals surface area (Å²) < 4.78 is 18.7. The molecule has 1 amide bonds. The van der Waals surface area contributed by atoms with E-state index in [1.165, 1.54) is 29.3 Å². The van der Waals surface area contributed by atoms with Gasteiger partial charge >= 0.3 is 0 Å². The Morgan fingerprint density at radius 3 is 2.55 bits per heavy atom. The minimum absolute atomic E-state index is 0.306. The van der Waals surface area contributed by atoms with Crippen LogP contribution in [0.3, 0.4) is 0 Å². The molecule has 2 rings (SSSR count). The summed E-state index contributed by atoms with van der Waals surface area (Å²) in [6.07, 6.45) is 0. The number of carbonyl (C=O) groups excluding carboxylic acids is 1. The van der Waals surface area contributed by atoms with Crippen LogP contribution in [-0.4, -0.2) is 19.1 Å². The van der Waals surface area contributed by atoms with Crippen molar-refractivity contribution in [3.8, 4) is 5.75 Å². The van der Waals surface area contributed by atoms with Gasteiger partial charge in [0.2, 0.25) is 0 Å². The van der Waals surface area contributed by atoms with Crippen molar-refractivity contribution in [3.63, 3.8) is 0 Å². The van der Waals surface area contributed by atoms with E-state index in [0.717, 1.165) is 11.3 Å². The maximum Gasteiger partial charge on any atom is 0.251 e. The molecule has 0 saturated carbocycles.